The van der Waals surface area contributed by atoms with E-state index in [0.717, 1.165) is 19.5 Å². The fourth-order valence-corrected chi connectivity index (χ4v) is 4.05. The van der Waals surface area contributed by atoms with E-state index in [-0.39, 0.29) is 23.8 Å². The van der Waals surface area contributed by atoms with E-state index in [9.17, 15) is 9.90 Å². The molecule has 0 saturated carbocycles. The Bertz CT molecular complexity index is 631. The van der Waals surface area contributed by atoms with Crippen LogP contribution in [0.4, 0.5) is 4.79 Å². The lowest BCUT2D eigenvalue weighted by molar-refractivity contribution is -0.0321. The van der Waals surface area contributed by atoms with Crippen LogP contribution in [0.1, 0.15) is 50.3 Å². The number of carbonyl (C=O) groups excluding carboxylic acids is 1. The van der Waals surface area contributed by atoms with Crippen molar-refractivity contribution in [3.63, 3.8) is 0 Å². The van der Waals surface area contributed by atoms with E-state index in [1.165, 1.54) is 16.7 Å². The van der Waals surface area contributed by atoms with E-state index in [1.54, 1.807) is 4.90 Å². The van der Waals surface area contributed by atoms with Gasteiger partial charge in [-0.15, -0.1) is 0 Å². The van der Waals surface area contributed by atoms with Crippen molar-refractivity contribution in [1.29, 1.82) is 0 Å². The number of aliphatic hydroxyl groups excluding tert-OH is 1. The molecular weight excluding hydrogens is 316 g/mol. The second-order valence-corrected chi connectivity index (χ2v) is 7.77. The summed E-state index contributed by atoms with van der Waals surface area (Å²) in [7, 11) is 0. The number of hydrogen-bond donors (Lipinski definition) is 2. The Labute approximate surface area is 150 Å². The molecule has 1 saturated heterocycles. The number of nitrogens with zero attached hydrogens (tertiary/aromatic N) is 1. The van der Waals surface area contributed by atoms with Crippen LogP contribution in [0.5, 0.6) is 0 Å². The third-order valence-corrected chi connectivity index (χ3v) is 5.93. The molecule has 2 N–H and O–H groups in total. The van der Waals surface area contributed by atoms with Crippen molar-refractivity contribution >= 4 is 6.09 Å². The highest BCUT2D eigenvalue weighted by atomic mass is 16.6. The summed E-state index contributed by atoms with van der Waals surface area (Å²) < 4.78 is 5.21. The zero-order valence-corrected chi connectivity index (χ0v) is 15.7. The minimum Gasteiger partial charge on any atom is -0.447 e. The number of aliphatic hydroxyl groups is 1. The van der Waals surface area contributed by atoms with E-state index in [2.05, 4.69) is 44.3 Å². The smallest absolute Gasteiger partial charge is 0.412 e. The minimum atomic E-state index is -0.838. The number of hydrogen-bond acceptors (Lipinski definition) is 4. The SMILES string of the molecule is CC(C)[C@H]1COC(=O)N1C(O)[C@@H](C)[C@@H](C)c1cccc2c1CCNC2. The van der Waals surface area contributed by atoms with Gasteiger partial charge in [0.25, 0.3) is 0 Å². The molecule has 5 nitrogen and oxygen atoms in total. The predicted octanol–water partition coefficient (Wildman–Crippen LogP) is 2.87. The van der Waals surface area contributed by atoms with Gasteiger partial charge in [-0.2, -0.15) is 0 Å². The number of carbonyl (C=O) groups is 1. The van der Waals surface area contributed by atoms with Gasteiger partial charge in [0.1, 0.15) is 12.8 Å². The van der Waals surface area contributed by atoms with Gasteiger partial charge < -0.3 is 15.2 Å². The number of nitrogens with one attached hydrogen (secondary N) is 1. The maximum atomic E-state index is 12.2. The van der Waals surface area contributed by atoms with E-state index in [4.69, 9.17) is 4.74 Å². The molecule has 3 rings (SSSR count). The molecule has 138 valence electrons. The van der Waals surface area contributed by atoms with Gasteiger partial charge in [-0.3, -0.25) is 4.90 Å². The van der Waals surface area contributed by atoms with Gasteiger partial charge in [0.15, 0.2) is 0 Å². The van der Waals surface area contributed by atoms with Crippen LogP contribution in [0.25, 0.3) is 0 Å². The molecule has 0 aliphatic carbocycles. The first-order chi connectivity index (χ1) is 11.9. The summed E-state index contributed by atoms with van der Waals surface area (Å²) in [5.41, 5.74) is 4.04. The zero-order chi connectivity index (χ0) is 18.1. The molecule has 0 aromatic heterocycles. The maximum Gasteiger partial charge on any atom is 0.412 e. The van der Waals surface area contributed by atoms with Crippen LogP contribution < -0.4 is 5.32 Å². The third-order valence-electron chi connectivity index (χ3n) is 5.93. The van der Waals surface area contributed by atoms with Gasteiger partial charge in [0.05, 0.1) is 6.04 Å². The number of benzene rings is 1. The van der Waals surface area contributed by atoms with Crippen LogP contribution in [-0.4, -0.2) is 41.5 Å². The summed E-state index contributed by atoms with van der Waals surface area (Å²) in [4.78, 5) is 13.7. The Morgan fingerprint density at radius 2 is 2.04 bits per heavy atom. The second kappa shape index (κ2) is 7.34. The molecule has 4 atom stereocenters. The van der Waals surface area contributed by atoms with E-state index < -0.39 is 12.3 Å². The van der Waals surface area contributed by atoms with Gasteiger partial charge in [-0.1, -0.05) is 45.9 Å². The summed E-state index contributed by atoms with van der Waals surface area (Å²) in [6.07, 6.45) is -0.224. The molecule has 0 radical (unpaired) electrons. The Morgan fingerprint density at radius 3 is 2.76 bits per heavy atom. The van der Waals surface area contributed by atoms with E-state index in [0.29, 0.717) is 6.61 Å². The van der Waals surface area contributed by atoms with E-state index in [1.807, 2.05) is 6.92 Å². The van der Waals surface area contributed by atoms with Crippen LogP contribution >= 0.6 is 0 Å². The van der Waals surface area contributed by atoms with E-state index >= 15 is 0 Å². The molecule has 25 heavy (non-hydrogen) atoms. The van der Waals surface area contributed by atoms with Gasteiger partial charge >= 0.3 is 6.09 Å². The van der Waals surface area contributed by atoms with Gasteiger partial charge in [0, 0.05) is 12.5 Å². The molecule has 5 heteroatoms. The largest absolute Gasteiger partial charge is 0.447 e. The highest BCUT2D eigenvalue weighted by molar-refractivity contribution is 5.70. The Kier molecular flexibility index (Phi) is 5.35. The molecule has 0 bridgehead atoms. The number of ether oxygens (including phenoxy) is 1. The van der Waals surface area contributed by atoms with Gasteiger partial charge in [-0.05, 0) is 41.5 Å². The molecule has 2 aliphatic heterocycles. The average molecular weight is 346 g/mol. The standard InChI is InChI=1S/C20H30N2O3/c1-12(2)18-11-25-20(24)22(18)19(23)14(4)13(3)16-7-5-6-15-10-21-9-8-17(15)16/h5-7,12-14,18-19,21,23H,8-11H2,1-4H3/t13-,14+,18-,19?/m1/s1. The highest BCUT2D eigenvalue weighted by Crippen LogP contribution is 2.35. The van der Waals surface area contributed by atoms with Gasteiger partial charge in [0.2, 0.25) is 0 Å². The summed E-state index contributed by atoms with van der Waals surface area (Å²) in [6.45, 7) is 10.5. The number of fused-ring (bicyclic) bond motifs is 1. The van der Waals surface area contributed by atoms with Crippen molar-refractivity contribution in [2.45, 2.75) is 58.8 Å². The number of amides is 1. The summed E-state index contributed by atoms with van der Waals surface area (Å²) in [5, 5.41) is 14.4. The first-order valence-corrected chi connectivity index (χ1v) is 9.36. The average Bonchev–Trinajstić information content (AvgIpc) is 3.01. The summed E-state index contributed by atoms with van der Waals surface area (Å²) >= 11 is 0. The third kappa shape index (κ3) is 3.40. The fourth-order valence-electron chi connectivity index (χ4n) is 4.05. The molecular formula is C20H30N2O3. The van der Waals surface area contributed by atoms with Crippen molar-refractivity contribution in [2.24, 2.45) is 11.8 Å². The fraction of sp³-hybridized carbons (Fsp3) is 0.650. The van der Waals surface area contributed by atoms with Crippen LogP contribution in [0.3, 0.4) is 0 Å². The Hall–Kier alpha value is -1.59. The molecule has 1 aromatic rings. The second-order valence-electron chi connectivity index (χ2n) is 7.77. The van der Waals surface area contributed by atoms with Crippen LogP contribution in [0.2, 0.25) is 0 Å². The van der Waals surface area contributed by atoms with Crippen molar-refractivity contribution < 1.29 is 14.6 Å². The molecule has 2 aliphatic rings. The molecule has 2 heterocycles. The minimum absolute atomic E-state index is 0.0639. The van der Waals surface area contributed by atoms with Crippen LogP contribution in [0, 0.1) is 11.8 Å². The molecule has 1 amide bonds. The monoisotopic (exact) mass is 346 g/mol. The highest BCUT2D eigenvalue weighted by Gasteiger charge is 2.42. The number of rotatable bonds is 5. The quantitative estimate of drug-likeness (QED) is 0.861. The molecule has 1 aromatic carbocycles. The van der Waals surface area contributed by atoms with Crippen LogP contribution in [0.15, 0.2) is 18.2 Å². The first-order valence-electron chi connectivity index (χ1n) is 9.36. The topological polar surface area (TPSA) is 61.8 Å². The maximum absolute atomic E-state index is 12.2. The Morgan fingerprint density at radius 1 is 1.28 bits per heavy atom. The predicted molar refractivity (Wildman–Crippen MR) is 97.3 cm³/mol. The normalized spacial score (nSPS) is 24.0. The van der Waals surface area contributed by atoms with Crippen molar-refractivity contribution in [1.82, 2.24) is 10.2 Å². The number of cyclic esters (lactones) is 1. The molecule has 1 unspecified atom stereocenters. The zero-order valence-electron chi connectivity index (χ0n) is 15.7. The lowest BCUT2D eigenvalue weighted by Crippen LogP contribution is -2.48. The summed E-state index contributed by atoms with van der Waals surface area (Å²) in [6, 6.07) is 6.37. The first kappa shape index (κ1) is 18.2. The van der Waals surface area contributed by atoms with Crippen molar-refractivity contribution in [3.8, 4) is 0 Å². The molecule has 0 spiro atoms. The van der Waals surface area contributed by atoms with Crippen molar-refractivity contribution in [2.75, 3.05) is 13.2 Å². The lowest BCUT2D eigenvalue weighted by Gasteiger charge is -2.36. The van der Waals surface area contributed by atoms with Crippen LogP contribution in [-0.2, 0) is 17.7 Å². The van der Waals surface area contributed by atoms with Gasteiger partial charge in [-0.25, -0.2) is 4.79 Å². The van der Waals surface area contributed by atoms with Crippen molar-refractivity contribution in [3.05, 3.63) is 34.9 Å². The Balaban J connectivity index is 1.83. The molecule has 1 fully saturated rings. The lowest BCUT2D eigenvalue weighted by atomic mass is 9.81. The summed E-state index contributed by atoms with van der Waals surface area (Å²) in [5.74, 6) is 0.330.